The van der Waals surface area contributed by atoms with Crippen LogP contribution in [0.2, 0.25) is 0 Å². The first-order valence-electron chi connectivity index (χ1n) is 9.94. The van der Waals surface area contributed by atoms with Gasteiger partial charge < -0.3 is 16.0 Å². The maximum Gasteiger partial charge on any atom is 0.416 e. The maximum atomic E-state index is 12.8. The molecule has 0 bridgehead atoms. The van der Waals surface area contributed by atoms with Crippen LogP contribution in [0.3, 0.4) is 0 Å². The molecule has 5 nitrogen and oxygen atoms in total. The number of benzene rings is 3. The van der Waals surface area contributed by atoms with Crippen LogP contribution in [-0.4, -0.2) is 24.9 Å². The van der Waals surface area contributed by atoms with Crippen LogP contribution in [-0.2, 0) is 17.4 Å². The van der Waals surface area contributed by atoms with Gasteiger partial charge in [0.1, 0.15) is 0 Å². The molecule has 0 aliphatic rings. The number of alkyl halides is 3. The molecule has 32 heavy (non-hydrogen) atoms. The van der Waals surface area contributed by atoms with E-state index in [1.165, 1.54) is 29.8 Å². The van der Waals surface area contributed by atoms with Crippen molar-refractivity contribution in [2.75, 3.05) is 23.7 Å². The third kappa shape index (κ3) is 6.95. The highest BCUT2D eigenvalue weighted by atomic mass is 19.4. The largest absolute Gasteiger partial charge is 0.416 e. The summed E-state index contributed by atoms with van der Waals surface area (Å²) in [6.45, 7) is 0.740. The van der Waals surface area contributed by atoms with Crippen LogP contribution in [0.25, 0.3) is 0 Å². The summed E-state index contributed by atoms with van der Waals surface area (Å²) in [6, 6.07) is 20.5. The van der Waals surface area contributed by atoms with Crippen LogP contribution >= 0.6 is 0 Å². The highest BCUT2D eigenvalue weighted by Gasteiger charge is 2.30. The molecule has 0 aliphatic carbocycles. The Balaban J connectivity index is 1.52. The van der Waals surface area contributed by atoms with Crippen molar-refractivity contribution in [3.05, 3.63) is 95.6 Å². The Kier molecular flexibility index (Phi) is 7.62. The first-order valence-corrected chi connectivity index (χ1v) is 9.94. The summed E-state index contributed by atoms with van der Waals surface area (Å²) >= 11 is 0. The average molecular weight is 441 g/mol. The van der Waals surface area contributed by atoms with Crippen molar-refractivity contribution >= 4 is 23.2 Å². The number of carbonyl (C=O) groups is 2. The van der Waals surface area contributed by atoms with Crippen LogP contribution in [0.1, 0.15) is 21.5 Å². The van der Waals surface area contributed by atoms with Crippen molar-refractivity contribution in [1.82, 2.24) is 5.32 Å². The predicted molar refractivity (Wildman–Crippen MR) is 117 cm³/mol. The molecule has 0 aliphatic heterocycles. The van der Waals surface area contributed by atoms with Crippen molar-refractivity contribution in [2.45, 2.75) is 12.6 Å². The molecule has 0 saturated heterocycles. The minimum atomic E-state index is -4.50. The highest BCUT2D eigenvalue weighted by molar-refractivity contribution is 6.05. The second-order valence-electron chi connectivity index (χ2n) is 7.07. The van der Waals surface area contributed by atoms with Crippen molar-refractivity contribution in [2.24, 2.45) is 0 Å². The lowest BCUT2D eigenvalue weighted by Gasteiger charge is -2.11. The summed E-state index contributed by atoms with van der Waals surface area (Å²) < 4.78 is 38.5. The van der Waals surface area contributed by atoms with Crippen LogP contribution < -0.4 is 16.0 Å². The summed E-state index contributed by atoms with van der Waals surface area (Å²) in [5, 5.41) is 8.20. The number of nitrogens with one attached hydrogen (secondary N) is 3. The molecular formula is C24H22F3N3O2. The van der Waals surface area contributed by atoms with Gasteiger partial charge in [0.25, 0.3) is 5.91 Å². The summed E-state index contributed by atoms with van der Waals surface area (Å²) in [6.07, 6.45) is -3.71. The molecule has 0 heterocycles. The smallest absolute Gasteiger partial charge is 0.325 e. The molecule has 3 N–H and O–H groups in total. The number of carbonyl (C=O) groups excluding carboxylic acids is 2. The molecule has 3 aromatic rings. The van der Waals surface area contributed by atoms with E-state index in [1.54, 1.807) is 12.1 Å². The van der Waals surface area contributed by atoms with Crippen LogP contribution in [0, 0.1) is 0 Å². The van der Waals surface area contributed by atoms with Gasteiger partial charge in [-0.3, -0.25) is 9.59 Å². The first-order chi connectivity index (χ1) is 15.3. The number of anilines is 2. The number of hydrogen-bond donors (Lipinski definition) is 3. The fourth-order valence-corrected chi connectivity index (χ4v) is 3.00. The van der Waals surface area contributed by atoms with E-state index in [2.05, 4.69) is 16.0 Å². The van der Waals surface area contributed by atoms with Crippen LogP contribution in [0.5, 0.6) is 0 Å². The van der Waals surface area contributed by atoms with E-state index < -0.39 is 17.6 Å². The van der Waals surface area contributed by atoms with E-state index in [-0.39, 0.29) is 23.7 Å². The van der Waals surface area contributed by atoms with Gasteiger partial charge >= 0.3 is 6.18 Å². The van der Waals surface area contributed by atoms with Gasteiger partial charge in [-0.2, -0.15) is 13.2 Å². The number of hydrogen-bond acceptors (Lipinski definition) is 3. The molecule has 0 fully saturated rings. The molecule has 0 radical (unpaired) electrons. The SMILES string of the molecule is O=C(CNCCc1ccccc1)Nc1cccc(C(=O)Nc2cccc(C(F)(F)F)c2)c1. The van der Waals surface area contributed by atoms with Gasteiger partial charge in [-0.25, -0.2) is 0 Å². The molecule has 8 heteroatoms. The molecule has 166 valence electrons. The molecule has 0 atom stereocenters. The molecular weight excluding hydrogens is 419 g/mol. The molecule has 3 aromatic carbocycles. The fraction of sp³-hybridized carbons (Fsp3) is 0.167. The van der Waals surface area contributed by atoms with Crippen molar-refractivity contribution in [3.8, 4) is 0 Å². The van der Waals surface area contributed by atoms with E-state index in [4.69, 9.17) is 0 Å². The zero-order valence-corrected chi connectivity index (χ0v) is 17.1. The van der Waals surface area contributed by atoms with Gasteiger partial charge in [-0.1, -0.05) is 42.5 Å². The first kappa shape index (κ1) is 23.0. The Morgan fingerprint density at radius 1 is 0.781 bits per heavy atom. The average Bonchev–Trinajstić information content (AvgIpc) is 2.77. The van der Waals surface area contributed by atoms with E-state index in [0.29, 0.717) is 12.2 Å². The standard InChI is InChI=1S/C24H22F3N3O2/c25-24(26,27)19-9-5-11-21(15-19)30-23(32)18-8-4-10-20(14-18)29-22(31)16-28-13-12-17-6-2-1-3-7-17/h1-11,14-15,28H,12-13,16H2,(H,29,31)(H,30,32). The molecule has 0 unspecified atom stereocenters. The lowest BCUT2D eigenvalue weighted by Crippen LogP contribution is -2.29. The molecule has 0 aromatic heterocycles. The molecule has 0 spiro atoms. The Bertz CT molecular complexity index is 1070. The zero-order chi connectivity index (χ0) is 23.0. The Morgan fingerprint density at radius 3 is 2.19 bits per heavy atom. The Morgan fingerprint density at radius 2 is 1.47 bits per heavy atom. The van der Waals surface area contributed by atoms with Crippen molar-refractivity contribution in [1.29, 1.82) is 0 Å². The zero-order valence-electron chi connectivity index (χ0n) is 17.1. The van der Waals surface area contributed by atoms with Gasteiger partial charge in [0.05, 0.1) is 12.1 Å². The predicted octanol–water partition coefficient (Wildman–Crippen LogP) is 4.73. The van der Waals surface area contributed by atoms with E-state index in [0.717, 1.165) is 18.6 Å². The Hall–Kier alpha value is -3.65. The second kappa shape index (κ2) is 10.6. The highest BCUT2D eigenvalue weighted by Crippen LogP contribution is 2.30. The minimum Gasteiger partial charge on any atom is -0.325 e. The van der Waals surface area contributed by atoms with Crippen LogP contribution in [0.15, 0.2) is 78.9 Å². The fourth-order valence-electron chi connectivity index (χ4n) is 3.00. The second-order valence-corrected chi connectivity index (χ2v) is 7.07. The maximum absolute atomic E-state index is 12.8. The summed E-state index contributed by atoms with van der Waals surface area (Å²) in [5.74, 6) is -0.852. The topological polar surface area (TPSA) is 70.2 Å². The summed E-state index contributed by atoms with van der Waals surface area (Å²) in [7, 11) is 0. The monoisotopic (exact) mass is 441 g/mol. The third-order valence-electron chi connectivity index (χ3n) is 4.58. The lowest BCUT2D eigenvalue weighted by molar-refractivity contribution is -0.137. The van der Waals surface area contributed by atoms with E-state index in [9.17, 15) is 22.8 Å². The summed E-state index contributed by atoms with van der Waals surface area (Å²) in [4.78, 5) is 24.6. The van der Waals surface area contributed by atoms with E-state index >= 15 is 0 Å². The van der Waals surface area contributed by atoms with Crippen LogP contribution in [0.4, 0.5) is 24.5 Å². The molecule has 0 saturated carbocycles. The van der Waals surface area contributed by atoms with Gasteiger partial charge in [-0.15, -0.1) is 0 Å². The third-order valence-corrected chi connectivity index (χ3v) is 4.58. The van der Waals surface area contributed by atoms with Crippen molar-refractivity contribution < 1.29 is 22.8 Å². The normalized spacial score (nSPS) is 11.1. The quantitative estimate of drug-likeness (QED) is 0.443. The minimum absolute atomic E-state index is 0.0295. The number of halogens is 3. The van der Waals surface area contributed by atoms with Gasteiger partial charge in [0.15, 0.2) is 0 Å². The van der Waals surface area contributed by atoms with Gasteiger partial charge in [0.2, 0.25) is 5.91 Å². The van der Waals surface area contributed by atoms with Gasteiger partial charge in [-0.05, 0) is 54.9 Å². The van der Waals surface area contributed by atoms with E-state index in [1.807, 2.05) is 30.3 Å². The molecule has 3 rings (SSSR count). The molecule has 2 amide bonds. The van der Waals surface area contributed by atoms with Gasteiger partial charge in [0, 0.05) is 16.9 Å². The summed E-state index contributed by atoms with van der Waals surface area (Å²) in [5.41, 5.74) is 0.964. The van der Waals surface area contributed by atoms with Crippen molar-refractivity contribution in [3.63, 3.8) is 0 Å². The number of rotatable bonds is 8. The Labute approximate surface area is 183 Å². The lowest BCUT2D eigenvalue weighted by atomic mass is 10.1. The number of amides is 2.